The Kier molecular flexibility index (Phi) is 6.90. The number of nitrogens with two attached hydrogens (primary N) is 1. The zero-order chi connectivity index (χ0) is 17.6. The van der Waals surface area contributed by atoms with Crippen molar-refractivity contribution in [2.75, 3.05) is 13.2 Å². The first-order valence-electron chi connectivity index (χ1n) is 7.67. The van der Waals surface area contributed by atoms with E-state index in [1.165, 1.54) is 0 Å². The molecule has 0 unspecified atom stereocenters. The molecule has 0 saturated carbocycles. The first-order valence-corrected chi connectivity index (χ1v) is 8.43. The third-order valence-electron chi connectivity index (χ3n) is 3.77. The van der Waals surface area contributed by atoms with Crippen molar-refractivity contribution in [3.8, 4) is 11.5 Å². The van der Waals surface area contributed by atoms with Crippen LogP contribution in [0.1, 0.15) is 18.4 Å². The standard InChI is InChI=1S/C18H21Cl2NO3/c19-14-8-15(20)10-17(9-14)24-16-5-3-13(4-6-16)2-1-7-18(21,11-22)12-23/h3-6,8-10,22-23H,1-2,7,11-12,21H2. The van der Waals surface area contributed by atoms with E-state index in [0.29, 0.717) is 28.0 Å². The SMILES string of the molecule is NC(CO)(CO)CCCc1ccc(Oc2cc(Cl)cc(Cl)c2)cc1. The topological polar surface area (TPSA) is 75.7 Å². The predicted octanol–water partition coefficient (Wildman–Crippen LogP) is 3.79. The Morgan fingerprint density at radius 3 is 2.04 bits per heavy atom. The summed E-state index contributed by atoms with van der Waals surface area (Å²) in [6.07, 6.45) is 2.14. The van der Waals surface area contributed by atoms with Crippen molar-refractivity contribution in [1.29, 1.82) is 0 Å². The Bertz CT molecular complexity index is 638. The van der Waals surface area contributed by atoms with E-state index in [4.69, 9.17) is 33.7 Å². The van der Waals surface area contributed by atoms with Gasteiger partial charge in [-0.25, -0.2) is 0 Å². The molecule has 24 heavy (non-hydrogen) atoms. The Balaban J connectivity index is 1.91. The van der Waals surface area contributed by atoms with E-state index in [-0.39, 0.29) is 13.2 Å². The molecule has 0 radical (unpaired) electrons. The van der Waals surface area contributed by atoms with Gasteiger partial charge in [-0.2, -0.15) is 0 Å². The summed E-state index contributed by atoms with van der Waals surface area (Å²) >= 11 is 11.9. The van der Waals surface area contributed by atoms with Crippen LogP contribution in [-0.4, -0.2) is 29.0 Å². The molecule has 0 heterocycles. The number of aliphatic hydroxyl groups excluding tert-OH is 2. The van der Waals surface area contributed by atoms with E-state index in [1.807, 2.05) is 24.3 Å². The van der Waals surface area contributed by atoms with E-state index in [9.17, 15) is 10.2 Å². The molecule has 4 nitrogen and oxygen atoms in total. The van der Waals surface area contributed by atoms with Crippen LogP contribution in [-0.2, 0) is 6.42 Å². The van der Waals surface area contributed by atoms with E-state index >= 15 is 0 Å². The number of hydrogen-bond acceptors (Lipinski definition) is 4. The third kappa shape index (κ3) is 5.65. The second-order valence-corrected chi connectivity index (χ2v) is 6.76. The summed E-state index contributed by atoms with van der Waals surface area (Å²) in [4.78, 5) is 0. The van der Waals surface area contributed by atoms with Crippen molar-refractivity contribution >= 4 is 23.2 Å². The van der Waals surface area contributed by atoms with E-state index in [1.54, 1.807) is 18.2 Å². The fourth-order valence-corrected chi connectivity index (χ4v) is 2.81. The minimum absolute atomic E-state index is 0.224. The van der Waals surface area contributed by atoms with Crippen LogP contribution < -0.4 is 10.5 Å². The second-order valence-electron chi connectivity index (χ2n) is 5.88. The van der Waals surface area contributed by atoms with Crippen LogP contribution in [0.2, 0.25) is 10.0 Å². The molecule has 0 spiro atoms. The average molecular weight is 370 g/mol. The lowest BCUT2D eigenvalue weighted by molar-refractivity contribution is 0.113. The minimum Gasteiger partial charge on any atom is -0.457 e. The summed E-state index contributed by atoms with van der Waals surface area (Å²) in [6.45, 7) is -0.447. The van der Waals surface area contributed by atoms with Crippen molar-refractivity contribution in [3.63, 3.8) is 0 Å². The quantitative estimate of drug-likeness (QED) is 0.661. The van der Waals surface area contributed by atoms with Gasteiger partial charge in [0.2, 0.25) is 0 Å². The van der Waals surface area contributed by atoms with Crippen LogP contribution in [0.15, 0.2) is 42.5 Å². The number of halogens is 2. The summed E-state index contributed by atoms with van der Waals surface area (Å²) in [6, 6.07) is 12.7. The van der Waals surface area contributed by atoms with Gasteiger partial charge >= 0.3 is 0 Å². The van der Waals surface area contributed by atoms with Crippen LogP contribution in [0.3, 0.4) is 0 Å². The molecule has 0 bridgehead atoms. The normalized spacial score (nSPS) is 11.5. The Hall–Kier alpha value is -1.30. The van der Waals surface area contributed by atoms with Gasteiger partial charge in [0.15, 0.2) is 0 Å². The number of ether oxygens (including phenoxy) is 1. The lowest BCUT2D eigenvalue weighted by atomic mass is 9.94. The Morgan fingerprint density at radius 2 is 1.50 bits per heavy atom. The fraction of sp³-hybridized carbons (Fsp3) is 0.333. The van der Waals surface area contributed by atoms with Gasteiger partial charge < -0.3 is 20.7 Å². The van der Waals surface area contributed by atoms with Crippen LogP contribution in [0.25, 0.3) is 0 Å². The molecule has 0 saturated heterocycles. The van der Waals surface area contributed by atoms with Gasteiger partial charge in [0, 0.05) is 10.0 Å². The molecule has 2 aromatic carbocycles. The van der Waals surface area contributed by atoms with E-state index < -0.39 is 5.54 Å². The monoisotopic (exact) mass is 369 g/mol. The van der Waals surface area contributed by atoms with Crippen molar-refractivity contribution in [2.45, 2.75) is 24.8 Å². The maximum Gasteiger partial charge on any atom is 0.130 e. The molecule has 2 rings (SSSR count). The maximum absolute atomic E-state index is 9.18. The summed E-state index contributed by atoms with van der Waals surface area (Å²) in [5, 5.41) is 19.4. The van der Waals surface area contributed by atoms with Gasteiger partial charge in [-0.3, -0.25) is 0 Å². The molecule has 4 N–H and O–H groups in total. The lowest BCUT2D eigenvalue weighted by Gasteiger charge is -2.24. The first-order chi connectivity index (χ1) is 11.4. The molecule has 130 valence electrons. The van der Waals surface area contributed by atoms with E-state index in [0.717, 1.165) is 18.4 Å². The smallest absolute Gasteiger partial charge is 0.130 e. The summed E-state index contributed by atoms with van der Waals surface area (Å²) in [7, 11) is 0. The molecular weight excluding hydrogens is 349 g/mol. The Morgan fingerprint density at radius 1 is 0.917 bits per heavy atom. The number of hydrogen-bond donors (Lipinski definition) is 3. The molecule has 0 amide bonds. The minimum atomic E-state index is -0.908. The van der Waals surface area contributed by atoms with E-state index in [2.05, 4.69) is 0 Å². The molecule has 6 heteroatoms. The molecule has 0 aliphatic carbocycles. The molecule has 0 fully saturated rings. The van der Waals surface area contributed by atoms with Gasteiger partial charge in [-0.1, -0.05) is 35.3 Å². The first kappa shape index (κ1) is 19.0. The number of aryl methyl sites for hydroxylation is 1. The van der Waals surface area contributed by atoms with Crippen LogP contribution in [0.4, 0.5) is 0 Å². The van der Waals surface area contributed by atoms with Crippen molar-refractivity contribution in [3.05, 3.63) is 58.1 Å². The molecular formula is C18H21Cl2NO3. The van der Waals surface area contributed by atoms with Gasteiger partial charge in [-0.15, -0.1) is 0 Å². The predicted molar refractivity (Wildman–Crippen MR) is 97.0 cm³/mol. The summed E-state index contributed by atoms with van der Waals surface area (Å²) in [5.74, 6) is 1.27. The highest BCUT2D eigenvalue weighted by atomic mass is 35.5. The highest BCUT2D eigenvalue weighted by Crippen LogP contribution is 2.28. The lowest BCUT2D eigenvalue weighted by Crippen LogP contribution is -2.47. The highest BCUT2D eigenvalue weighted by Gasteiger charge is 2.22. The summed E-state index contributed by atoms with van der Waals surface area (Å²) in [5.41, 5.74) is 6.08. The zero-order valence-electron chi connectivity index (χ0n) is 13.2. The highest BCUT2D eigenvalue weighted by molar-refractivity contribution is 6.34. The van der Waals surface area contributed by atoms with Gasteiger partial charge in [0.25, 0.3) is 0 Å². The average Bonchev–Trinajstić information content (AvgIpc) is 2.55. The van der Waals surface area contributed by atoms with Gasteiger partial charge in [0.05, 0.1) is 18.8 Å². The van der Waals surface area contributed by atoms with Gasteiger partial charge in [-0.05, 0) is 55.2 Å². The van der Waals surface area contributed by atoms with Crippen LogP contribution in [0, 0.1) is 0 Å². The zero-order valence-corrected chi connectivity index (χ0v) is 14.7. The van der Waals surface area contributed by atoms with Crippen molar-refractivity contribution in [1.82, 2.24) is 0 Å². The molecule has 0 atom stereocenters. The maximum atomic E-state index is 9.18. The number of benzene rings is 2. The third-order valence-corrected chi connectivity index (χ3v) is 4.20. The fourth-order valence-electron chi connectivity index (χ4n) is 2.30. The molecule has 0 aliphatic rings. The largest absolute Gasteiger partial charge is 0.457 e. The molecule has 0 aliphatic heterocycles. The summed E-state index contributed by atoms with van der Waals surface area (Å²) < 4.78 is 5.73. The van der Waals surface area contributed by atoms with Crippen molar-refractivity contribution in [2.24, 2.45) is 5.73 Å². The number of rotatable bonds is 8. The van der Waals surface area contributed by atoms with Gasteiger partial charge in [0.1, 0.15) is 11.5 Å². The number of aliphatic hydroxyl groups is 2. The van der Waals surface area contributed by atoms with Crippen molar-refractivity contribution < 1.29 is 14.9 Å². The Labute approximate surface area is 151 Å². The van der Waals surface area contributed by atoms with Crippen LogP contribution >= 0.6 is 23.2 Å². The molecule has 0 aromatic heterocycles. The molecule has 2 aromatic rings. The second kappa shape index (κ2) is 8.70. The van der Waals surface area contributed by atoms with Crippen LogP contribution in [0.5, 0.6) is 11.5 Å².